The number of hydrogen-bond acceptors (Lipinski definition) is 9. The average Bonchev–Trinajstić information content (AvgIpc) is 2.81. The Morgan fingerprint density at radius 1 is 1.19 bits per heavy atom. The summed E-state index contributed by atoms with van der Waals surface area (Å²) in [4.78, 5) is 32.0. The summed E-state index contributed by atoms with van der Waals surface area (Å²) in [6.45, 7) is 1.45. The third kappa shape index (κ3) is 7.08. The lowest BCUT2D eigenvalue weighted by atomic mass is 10.1. The molecule has 1 heterocycles. The maximum atomic E-state index is 11.8. The molecule has 1 aliphatic heterocycles. The van der Waals surface area contributed by atoms with Crippen molar-refractivity contribution in [3.63, 3.8) is 0 Å². The van der Waals surface area contributed by atoms with Crippen molar-refractivity contribution in [1.82, 2.24) is 10.6 Å². The lowest BCUT2D eigenvalue weighted by molar-refractivity contribution is -0.384. The van der Waals surface area contributed by atoms with Gasteiger partial charge in [0.2, 0.25) is 0 Å². The number of nitro groups is 1. The molecule has 0 saturated carbocycles. The van der Waals surface area contributed by atoms with Crippen LogP contribution in [0.15, 0.2) is 42.5 Å². The van der Waals surface area contributed by atoms with E-state index in [1.807, 2.05) is 6.07 Å². The van der Waals surface area contributed by atoms with Crippen LogP contribution in [0.2, 0.25) is 0 Å². The maximum absolute atomic E-state index is 11.8. The van der Waals surface area contributed by atoms with E-state index in [-0.39, 0.29) is 24.8 Å². The molecule has 3 rings (SSSR count). The Labute approximate surface area is 184 Å². The van der Waals surface area contributed by atoms with Gasteiger partial charge in [0.25, 0.3) is 11.6 Å². The lowest BCUT2D eigenvalue weighted by Crippen LogP contribution is -2.38. The van der Waals surface area contributed by atoms with Crippen molar-refractivity contribution in [1.29, 1.82) is 0 Å². The number of aliphatic hydroxyl groups excluding tert-OH is 1. The molecule has 0 aliphatic carbocycles. The van der Waals surface area contributed by atoms with Gasteiger partial charge in [-0.3, -0.25) is 14.9 Å². The number of hydrogen-bond donors (Lipinski definition) is 3. The highest BCUT2D eigenvalue weighted by Gasteiger charge is 2.17. The fraction of sp³-hybridized carbons (Fsp3) is 0.381. The predicted molar refractivity (Wildman–Crippen MR) is 113 cm³/mol. The summed E-state index contributed by atoms with van der Waals surface area (Å²) in [6, 6.07) is 10.9. The second-order valence-electron chi connectivity index (χ2n) is 6.95. The topological polar surface area (TPSA) is 141 Å². The van der Waals surface area contributed by atoms with E-state index in [4.69, 9.17) is 19.2 Å². The number of rotatable bonds is 12. The second kappa shape index (κ2) is 11.8. The molecule has 0 radical (unpaired) electrons. The highest BCUT2D eigenvalue weighted by molar-refractivity contribution is 5.77. The fourth-order valence-corrected chi connectivity index (χ4v) is 2.92. The van der Waals surface area contributed by atoms with Crippen LogP contribution in [0.5, 0.6) is 17.2 Å². The minimum absolute atomic E-state index is 0.0489. The summed E-state index contributed by atoms with van der Waals surface area (Å²) < 4.78 is 11.0. The predicted octanol–water partition coefficient (Wildman–Crippen LogP) is 0.986. The van der Waals surface area contributed by atoms with Crippen molar-refractivity contribution >= 4 is 11.6 Å². The number of fused-ring (bicyclic) bond motifs is 1. The molecule has 172 valence electrons. The van der Waals surface area contributed by atoms with Gasteiger partial charge < -0.3 is 30.1 Å². The Morgan fingerprint density at radius 2 is 2.00 bits per heavy atom. The summed E-state index contributed by atoms with van der Waals surface area (Å²) in [5.74, 6) is 1.32. The van der Waals surface area contributed by atoms with E-state index in [9.17, 15) is 20.0 Å². The minimum atomic E-state index is -0.729. The van der Waals surface area contributed by atoms with E-state index in [0.717, 1.165) is 5.56 Å². The first-order valence-corrected chi connectivity index (χ1v) is 10.1. The van der Waals surface area contributed by atoms with Gasteiger partial charge in [0, 0.05) is 43.8 Å². The van der Waals surface area contributed by atoms with Crippen molar-refractivity contribution in [2.75, 3.05) is 39.5 Å². The van der Waals surface area contributed by atoms with Gasteiger partial charge in [-0.2, -0.15) is 4.89 Å². The van der Waals surface area contributed by atoms with Gasteiger partial charge in [-0.05, 0) is 24.3 Å². The van der Waals surface area contributed by atoms with Crippen LogP contribution in [0.4, 0.5) is 5.69 Å². The Hall–Kier alpha value is -3.41. The van der Waals surface area contributed by atoms with Crippen LogP contribution in [0.3, 0.4) is 0 Å². The smallest absolute Gasteiger partial charge is 0.269 e. The number of benzene rings is 2. The van der Waals surface area contributed by atoms with Crippen LogP contribution in [0.1, 0.15) is 5.56 Å². The number of nitro benzene ring substituents is 1. The zero-order valence-electron chi connectivity index (χ0n) is 17.3. The molecule has 0 aromatic heterocycles. The van der Waals surface area contributed by atoms with Crippen molar-refractivity contribution in [3.8, 4) is 17.2 Å². The fourth-order valence-electron chi connectivity index (χ4n) is 2.92. The van der Waals surface area contributed by atoms with Gasteiger partial charge in [0.05, 0.1) is 11.5 Å². The number of carbonyl (C=O) groups excluding carboxylic acids is 1. The standard InChI is InChI=1S/C21H25N3O8/c25-16(13-30-19-2-1-3-20-18(19)8-11-31-32-20)12-22-9-10-23-21(26)14-29-17-6-4-15(5-7-17)24(27)28/h1-7,16,22,25H,8-14H2,(H,23,26). The molecule has 11 heteroatoms. The molecule has 2 aromatic carbocycles. The molecule has 32 heavy (non-hydrogen) atoms. The molecule has 1 atom stereocenters. The van der Waals surface area contributed by atoms with Crippen LogP contribution in [0, 0.1) is 10.1 Å². The molecule has 0 fully saturated rings. The first-order valence-electron chi connectivity index (χ1n) is 10.1. The van der Waals surface area contributed by atoms with Gasteiger partial charge in [0.15, 0.2) is 12.4 Å². The monoisotopic (exact) mass is 447 g/mol. The van der Waals surface area contributed by atoms with E-state index in [2.05, 4.69) is 10.6 Å². The molecule has 1 amide bonds. The zero-order valence-corrected chi connectivity index (χ0v) is 17.3. The summed E-state index contributed by atoms with van der Waals surface area (Å²) in [5, 5.41) is 26.4. The van der Waals surface area contributed by atoms with E-state index in [0.29, 0.717) is 49.9 Å². The maximum Gasteiger partial charge on any atom is 0.269 e. The van der Waals surface area contributed by atoms with Crippen LogP contribution < -0.4 is 25.0 Å². The van der Waals surface area contributed by atoms with Gasteiger partial charge in [-0.1, -0.05) is 6.07 Å². The summed E-state index contributed by atoms with van der Waals surface area (Å²) in [6.07, 6.45) is -0.0548. The Kier molecular flexibility index (Phi) is 8.61. The zero-order chi connectivity index (χ0) is 22.8. The SMILES string of the molecule is O=C(COc1ccc([N+](=O)[O-])cc1)NCCNCC(O)COc1cccc2c1CCOO2. The quantitative estimate of drug-likeness (QED) is 0.188. The molecular weight excluding hydrogens is 422 g/mol. The molecular formula is C21H25N3O8. The Balaban J connectivity index is 1.26. The van der Waals surface area contributed by atoms with E-state index < -0.39 is 11.0 Å². The highest BCUT2D eigenvalue weighted by atomic mass is 17.2. The third-order valence-corrected chi connectivity index (χ3v) is 4.53. The number of carbonyl (C=O) groups is 1. The lowest BCUT2D eigenvalue weighted by Gasteiger charge is -2.20. The molecule has 1 aliphatic rings. The van der Waals surface area contributed by atoms with Gasteiger partial charge in [-0.15, -0.1) is 0 Å². The summed E-state index contributed by atoms with van der Waals surface area (Å²) in [7, 11) is 0. The molecule has 3 N–H and O–H groups in total. The van der Waals surface area contributed by atoms with Crippen LogP contribution in [-0.4, -0.2) is 61.5 Å². The molecule has 0 bridgehead atoms. The summed E-state index contributed by atoms with van der Waals surface area (Å²) in [5.41, 5.74) is 0.866. The van der Waals surface area contributed by atoms with Gasteiger partial charge >= 0.3 is 0 Å². The first-order chi connectivity index (χ1) is 15.5. The van der Waals surface area contributed by atoms with Crippen molar-refractivity contribution < 1.29 is 34.1 Å². The number of aliphatic hydroxyl groups is 1. The van der Waals surface area contributed by atoms with Gasteiger partial charge in [-0.25, -0.2) is 0 Å². The van der Waals surface area contributed by atoms with Crippen molar-refractivity contribution in [3.05, 3.63) is 58.1 Å². The van der Waals surface area contributed by atoms with Crippen LogP contribution >= 0.6 is 0 Å². The molecule has 11 nitrogen and oxygen atoms in total. The third-order valence-electron chi connectivity index (χ3n) is 4.53. The molecule has 0 saturated heterocycles. The van der Waals surface area contributed by atoms with Crippen molar-refractivity contribution in [2.24, 2.45) is 0 Å². The number of amides is 1. The largest absolute Gasteiger partial charge is 0.490 e. The highest BCUT2D eigenvalue weighted by Crippen LogP contribution is 2.31. The van der Waals surface area contributed by atoms with E-state index in [1.54, 1.807) is 12.1 Å². The second-order valence-corrected chi connectivity index (χ2v) is 6.95. The first kappa shape index (κ1) is 23.3. The molecule has 1 unspecified atom stereocenters. The Bertz CT molecular complexity index is 906. The van der Waals surface area contributed by atoms with E-state index in [1.165, 1.54) is 24.3 Å². The summed E-state index contributed by atoms with van der Waals surface area (Å²) >= 11 is 0. The number of ether oxygens (including phenoxy) is 2. The average molecular weight is 447 g/mol. The van der Waals surface area contributed by atoms with Crippen LogP contribution in [0.25, 0.3) is 0 Å². The normalized spacial score (nSPS) is 13.4. The molecule has 2 aromatic rings. The van der Waals surface area contributed by atoms with Crippen LogP contribution in [-0.2, 0) is 16.1 Å². The molecule has 0 spiro atoms. The number of non-ortho nitro benzene ring substituents is 1. The minimum Gasteiger partial charge on any atom is -0.490 e. The van der Waals surface area contributed by atoms with E-state index >= 15 is 0 Å². The van der Waals surface area contributed by atoms with Crippen molar-refractivity contribution in [2.45, 2.75) is 12.5 Å². The number of nitrogens with zero attached hydrogens (tertiary/aromatic N) is 1. The van der Waals surface area contributed by atoms with Gasteiger partial charge in [0.1, 0.15) is 24.2 Å². The number of nitrogens with one attached hydrogen (secondary N) is 2. The Morgan fingerprint density at radius 3 is 2.78 bits per heavy atom.